The summed E-state index contributed by atoms with van der Waals surface area (Å²) in [5.74, 6) is -1.67. The Hall–Kier alpha value is -1.28. The Morgan fingerprint density at radius 2 is 1.68 bits per heavy atom. The van der Waals surface area contributed by atoms with E-state index >= 15 is 0 Å². The third-order valence-electron chi connectivity index (χ3n) is 5.65. The predicted molar refractivity (Wildman–Crippen MR) is 106 cm³/mol. The van der Waals surface area contributed by atoms with Crippen molar-refractivity contribution in [1.29, 1.82) is 0 Å². The Labute approximate surface area is 166 Å². The fourth-order valence-electron chi connectivity index (χ4n) is 3.95. The molecular weight excluding hydrogens is 364 g/mol. The molecule has 0 aromatic heterocycles. The van der Waals surface area contributed by atoms with Crippen molar-refractivity contribution in [1.82, 2.24) is 14.7 Å². The Balaban J connectivity index is 1.43. The molecule has 0 saturated carbocycles. The van der Waals surface area contributed by atoms with Gasteiger partial charge < -0.3 is 14.7 Å². The van der Waals surface area contributed by atoms with E-state index in [9.17, 15) is 13.9 Å². The standard InChI is InChI=1S/C21H33F2N3O2/c1-24(2)13-14-28-19-5-3-18(4-6-19)15-26-10-7-20(27,17-26)16-25-11-8-21(22,23)9-12-25/h3-6,27H,7-17H2,1-2H3/t20-/m0/s1. The second-order valence-corrected chi connectivity index (χ2v) is 8.61. The topological polar surface area (TPSA) is 39.2 Å². The zero-order chi connectivity index (χ0) is 20.2. The molecule has 0 aliphatic carbocycles. The lowest BCUT2D eigenvalue weighted by atomic mass is 10.00. The second kappa shape index (κ2) is 9.03. The lowest BCUT2D eigenvalue weighted by Gasteiger charge is -2.36. The van der Waals surface area contributed by atoms with Crippen LogP contribution in [0, 0.1) is 0 Å². The van der Waals surface area contributed by atoms with Crippen molar-refractivity contribution < 1.29 is 18.6 Å². The average molecular weight is 398 g/mol. The summed E-state index contributed by atoms with van der Waals surface area (Å²) in [6.45, 7) is 4.94. The van der Waals surface area contributed by atoms with Crippen LogP contribution in [-0.2, 0) is 6.54 Å². The van der Waals surface area contributed by atoms with Gasteiger partial charge in [-0.15, -0.1) is 0 Å². The van der Waals surface area contributed by atoms with Gasteiger partial charge in [0.05, 0.1) is 5.60 Å². The molecule has 2 saturated heterocycles. The first-order valence-corrected chi connectivity index (χ1v) is 10.1. The highest BCUT2D eigenvalue weighted by Crippen LogP contribution is 2.30. The third kappa shape index (κ3) is 6.37. The van der Waals surface area contributed by atoms with Crippen molar-refractivity contribution in [2.45, 2.75) is 37.3 Å². The normalized spacial score (nSPS) is 26.1. The second-order valence-electron chi connectivity index (χ2n) is 8.61. The number of aliphatic hydroxyl groups is 1. The summed E-state index contributed by atoms with van der Waals surface area (Å²) in [6, 6.07) is 8.10. The number of likely N-dealkylation sites (N-methyl/N-ethyl adjacent to an activating group) is 1. The maximum Gasteiger partial charge on any atom is 0.250 e. The van der Waals surface area contributed by atoms with Gasteiger partial charge in [0.2, 0.25) is 0 Å². The van der Waals surface area contributed by atoms with Gasteiger partial charge in [0.15, 0.2) is 0 Å². The van der Waals surface area contributed by atoms with E-state index in [1.54, 1.807) is 0 Å². The highest BCUT2D eigenvalue weighted by Gasteiger charge is 2.40. The Bertz CT molecular complexity index is 617. The molecule has 1 atom stereocenters. The number of alkyl halides is 2. The van der Waals surface area contributed by atoms with E-state index in [0.29, 0.717) is 39.2 Å². The maximum absolute atomic E-state index is 13.3. The highest BCUT2D eigenvalue weighted by atomic mass is 19.3. The molecule has 5 nitrogen and oxygen atoms in total. The smallest absolute Gasteiger partial charge is 0.250 e. The molecule has 2 heterocycles. The molecule has 2 aliphatic heterocycles. The van der Waals surface area contributed by atoms with E-state index in [-0.39, 0.29) is 12.8 Å². The van der Waals surface area contributed by atoms with Crippen LogP contribution < -0.4 is 4.74 Å². The van der Waals surface area contributed by atoms with Crippen molar-refractivity contribution in [3.05, 3.63) is 29.8 Å². The summed E-state index contributed by atoms with van der Waals surface area (Å²) < 4.78 is 32.4. The maximum atomic E-state index is 13.3. The van der Waals surface area contributed by atoms with Crippen molar-refractivity contribution in [2.24, 2.45) is 0 Å². The number of hydrogen-bond acceptors (Lipinski definition) is 5. The number of benzene rings is 1. The van der Waals surface area contributed by atoms with Crippen LogP contribution >= 0.6 is 0 Å². The summed E-state index contributed by atoms with van der Waals surface area (Å²) in [5.41, 5.74) is 0.379. The summed E-state index contributed by atoms with van der Waals surface area (Å²) >= 11 is 0. The summed E-state index contributed by atoms with van der Waals surface area (Å²) in [7, 11) is 4.04. The molecule has 0 bridgehead atoms. The van der Waals surface area contributed by atoms with E-state index in [0.717, 1.165) is 25.4 Å². The van der Waals surface area contributed by atoms with Crippen molar-refractivity contribution >= 4 is 0 Å². The van der Waals surface area contributed by atoms with Gasteiger partial charge in [0, 0.05) is 58.7 Å². The van der Waals surface area contributed by atoms with Crippen LogP contribution in [0.4, 0.5) is 8.78 Å². The first kappa shape index (κ1) is 21.4. The first-order valence-electron chi connectivity index (χ1n) is 10.1. The lowest BCUT2D eigenvalue weighted by molar-refractivity contribution is -0.0724. The predicted octanol–water partition coefficient (Wildman–Crippen LogP) is 2.29. The van der Waals surface area contributed by atoms with Crippen LogP contribution in [0.1, 0.15) is 24.8 Å². The molecule has 2 aliphatic rings. The molecule has 1 aromatic rings. The Kier molecular flexibility index (Phi) is 6.91. The number of rotatable bonds is 8. The fraction of sp³-hybridized carbons (Fsp3) is 0.714. The molecule has 3 rings (SSSR count). The van der Waals surface area contributed by atoms with Crippen LogP contribution in [0.3, 0.4) is 0 Å². The van der Waals surface area contributed by atoms with Crippen LogP contribution in [-0.4, -0.2) is 91.3 Å². The third-order valence-corrected chi connectivity index (χ3v) is 5.65. The first-order chi connectivity index (χ1) is 13.2. The Morgan fingerprint density at radius 1 is 1.04 bits per heavy atom. The number of likely N-dealkylation sites (tertiary alicyclic amines) is 2. The molecule has 28 heavy (non-hydrogen) atoms. The van der Waals surface area contributed by atoms with Gasteiger partial charge >= 0.3 is 0 Å². The van der Waals surface area contributed by atoms with Crippen LogP contribution in [0.25, 0.3) is 0 Å². The summed E-state index contributed by atoms with van der Waals surface area (Å²) in [5, 5.41) is 10.9. The molecule has 1 aromatic carbocycles. The monoisotopic (exact) mass is 397 g/mol. The van der Waals surface area contributed by atoms with Crippen LogP contribution in [0.2, 0.25) is 0 Å². The zero-order valence-electron chi connectivity index (χ0n) is 17.0. The van der Waals surface area contributed by atoms with Crippen molar-refractivity contribution in [3.8, 4) is 5.75 Å². The van der Waals surface area contributed by atoms with Gasteiger partial charge in [-0.2, -0.15) is 0 Å². The van der Waals surface area contributed by atoms with Gasteiger partial charge in [-0.05, 0) is 38.2 Å². The van der Waals surface area contributed by atoms with Gasteiger partial charge in [0.25, 0.3) is 5.92 Å². The lowest BCUT2D eigenvalue weighted by Crippen LogP contribution is -2.49. The van der Waals surface area contributed by atoms with E-state index < -0.39 is 11.5 Å². The van der Waals surface area contributed by atoms with Crippen molar-refractivity contribution in [3.63, 3.8) is 0 Å². The summed E-state index contributed by atoms with van der Waals surface area (Å²) in [6.07, 6.45) is 0.483. The highest BCUT2D eigenvalue weighted by molar-refractivity contribution is 5.27. The number of ether oxygens (including phenoxy) is 1. The van der Waals surface area contributed by atoms with Crippen LogP contribution in [0.5, 0.6) is 5.75 Å². The zero-order valence-corrected chi connectivity index (χ0v) is 17.0. The minimum absolute atomic E-state index is 0.101. The van der Waals surface area contributed by atoms with E-state index in [2.05, 4.69) is 21.9 Å². The van der Waals surface area contributed by atoms with Gasteiger partial charge in [-0.3, -0.25) is 9.80 Å². The molecule has 0 amide bonds. The Morgan fingerprint density at radius 3 is 2.32 bits per heavy atom. The molecule has 158 valence electrons. The summed E-state index contributed by atoms with van der Waals surface area (Å²) in [4.78, 5) is 6.31. The number of nitrogens with zero attached hydrogens (tertiary/aromatic N) is 3. The minimum Gasteiger partial charge on any atom is -0.492 e. The SMILES string of the molecule is CN(C)CCOc1ccc(CN2CC[C@](O)(CN3CCC(F)(F)CC3)C2)cc1. The molecule has 1 N–H and O–H groups in total. The van der Waals surface area contributed by atoms with Crippen LogP contribution in [0.15, 0.2) is 24.3 Å². The fourth-order valence-corrected chi connectivity index (χ4v) is 3.95. The molecule has 0 unspecified atom stereocenters. The van der Waals surface area contributed by atoms with Gasteiger partial charge in [-0.1, -0.05) is 12.1 Å². The number of hydrogen-bond donors (Lipinski definition) is 1. The van der Waals surface area contributed by atoms with E-state index in [1.807, 2.05) is 31.1 Å². The molecule has 0 spiro atoms. The number of halogens is 2. The minimum atomic E-state index is -2.54. The van der Waals surface area contributed by atoms with Crippen molar-refractivity contribution in [2.75, 3.05) is 60.0 Å². The van der Waals surface area contributed by atoms with E-state index in [4.69, 9.17) is 4.74 Å². The van der Waals surface area contributed by atoms with Gasteiger partial charge in [0.1, 0.15) is 12.4 Å². The average Bonchev–Trinajstić information content (AvgIpc) is 2.99. The molecule has 7 heteroatoms. The largest absolute Gasteiger partial charge is 0.492 e. The number of piperidine rings is 1. The van der Waals surface area contributed by atoms with Gasteiger partial charge in [-0.25, -0.2) is 8.78 Å². The molecular formula is C21H33F2N3O2. The molecule has 0 radical (unpaired) electrons. The van der Waals surface area contributed by atoms with E-state index in [1.165, 1.54) is 5.56 Å². The quantitative estimate of drug-likeness (QED) is 0.729. The molecule has 2 fully saturated rings. The number of β-amino-alcohol motifs (C(OH)–C–C–N with tert-alkyl or cyclic N) is 1.